The Morgan fingerprint density at radius 1 is 1.30 bits per heavy atom. The van der Waals surface area contributed by atoms with Gasteiger partial charge in [0.25, 0.3) is 5.91 Å². The van der Waals surface area contributed by atoms with E-state index in [2.05, 4.69) is 5.10 Å². The van der Waals surface area contributed by atoms with Gasteiger partial charge < -0.3 is 0 Å². The average Bonchev–Trinajstić information content (AvgIpc) is 2.36. The van der Waals surface area contributed by atoms with Gasteiger partial charge in [-0.3, -0.25) is 4.79 Å². The summed E-state index contributed by atoms with van der Waals surface area (Å²) >= 11 is 0. The van der Waals surface area contributed by atoms with Crippen LogP contribution in [0.3, 0.4) is 0 Å². The summed E-state index contributed by atoms with van der Waals surface area (Å²) in [5.41, 5.74) is 0.869. The van der Waals surface area contributed by atoms with Crippen LogP contribution in [0.25, 0.3) is 10.9 Å². The Morgan fingerprint density at radius 3 is 2.60 bits per heavy atom. The number of fused-ring (bicyclic) bond motifs is 1. The fourth-order valence-corrected chi connectivity index (χ4v) is 2.21. The molecular weight excluding hydrogens is 280 g/mol. The van der Waals surface area contributed by atoms with Crippen LogP contribution in [0.2, 0.25) is 0 Å². The molecule has 0 aliphatic heterocycles. The molecule has 1 N–H and O–H groups in total. The van der Waals surface area contributed by atoms with Gasteiger partial charge in [0.15, 0.2) is 7.05 Å². The van der Waals surface area contributed by atoms with Gasteiger partial charge in [-0.1, -0.05) is 22.9 Å². The number of aromatic nitrogens is 2. The third kappa shape index (κ3) is 2.75. The molecule has 20 heavy (non-hydrogen) atoms. The molecule has 106 valence electrons. The lowest BCUT2D eigenvalue weighted by molar-refractivity contribution is -0.728. The Morgan fingerprint density at radius 2 is 1.95 bits per heavy atom. The minimum absolute atomic E-state index is 0.253. The largest absolute Gasteiger partial charge is 0.303 e. The second-order valence-corrected chi connectivity index (χ2v) is 6.34. The summed E-state index contributed by atoms with van der Waals surface area (Å²) in [6.45, 7) is 0. The van der Waals surface area contributed by atoms with Gasteiger partial charge >= 0.3 is 10.2 Å². The van der Waals surface area contributed by atoms with Gasteiger partial charge in [-0.05, 0) is 11.2 Å². The monoisotopic (exact) mass is 295 g/mol. The summed E-state index contributed by atoms with van der Waals surface area (Å²) in [6, 6.07) is 7.04. The van der Waals surface area contributed by atoms with Crippen LogP contribution in [0.5, 0.6) is 0 Å². The van der Waals surface area contributed by atoms with Gasteiger partial charge in [-0.25, -0.2) is 4.72 Å². The lowest BCUT2D eigenvalue weighted by Crippen LogP contribution is -2.41. The Hall–Kier alpha value is -2.06. The van der Waals surface area contributed by atoms with E-state index in [0.29, 0.717) is 10.9 Å². The number of nitrogens with one attached hydrogen (secondary N) is 1. The Balaban J connectivity index is 2.50. The minimum Gasteiger partial charge on any atom is -0.268 e. The first-order valence-electron chi connectivity index (χ1n) is 5.81. The maximum Gasteiger partial charge on any atom is 0.303 e. The molecule has 0 aliphatic carbocycles. The molecular formula is C12H15N4O3S+. The van der Waals surface area contributed by atoms with Crippen molar-refractivity contribution in [2.45, 2.75) is 0 Å². The highest BCUT2D eigenvalue weighted by atomic mass is 32.2. The van der Waals surface area contributed by atoms with E-state index in [4.69, 9.17) is 0 Å². The van der Waals surface area contributed by atoms with Crippen molar-refractivity contribution in [3.8, 4) is 0 Å². The van der Waals surface area contributed by atoms with E-state index in [1.807, 2.05) is 4.72 Å². The van der Waals surface area contributed by atoms with Crippen molar-refractivity contribution in [2.75, 3.05) is 14.1 Å². The van der Waals surface area contributed by atoms with Gasteiger partial charge in [-0.15, -0.1) is 0 Å². The normalized spacial score (nSPS) is 11.8. The fourth-order valence-electron chi connectivity index (χ4n) is 1.69. The molecule has 1 amide bonds. The second-order valence-electron chi connectivity index (χ2n) is 4.45. The summed E-state index contributed by atoms with van der Waals surface area (Å²) in [6.07, 6.45) is 1.49. The van der Waals surface area contributed by atoms with E-state index in [1.54, 1.807) is 31.3 Å². The highest BCUT2D eigenvalue weighted by Crippen LogP contribution is 2.14. The molecule has 8 heteroatoms. The molecule has 0 radical (unpaired) electrons. The van der Waals surface area contributed by atoms with Gasteiger partial charge in [-0.2, -0.15) is 12.7 Å². The molecule has 1 aromatic carbocycles. The van der Waals surface area contributed by atoms with E-state index in [9.17, 15) is 13.2 Å². The van der Waals surface area contributed by atoms with Crippen molar-refractivity contribution in [2.24, 2.45) is 7.05 Å². The third-order valence-corrected chi connectivity index (χ3v) is 4.13. The molecule has 0 spiro atoms. The quantitative estimate of drug-likeness (QED) is 0.781. The van der Waals surface area contributed by atoms with Crippen LogP contribution in [0.4, 0.5) is 0 Å². The summed E-state index contributed by atoms with van der Waals surface area (Å²) in [5.74, 6) is -0.687. The smallest absolute Gasteiger partial charge is 0.268 e. The SMILES string of the molecule is CN(C)S(=O)(=O)NC(=O)c1c[n+](C)nc2ccccc12. The fraction of sp³-hybridized carbons (Fsp3) is 0.250. The number of aryl methyl sites for hydroxylation is 1. The number of amides is 1. The Labute approximate surface area is 117 Å². The molecule has 1 aromatic heterocycles. The van der Waals surface area contributed by atoms with Crippen LogP contribution in [0.15, 0.2) is 30.5 Å². The van der Waals surface area contributed by atoms with Crippen molar-refractivity contribution >= 4 is 27.0 Å². The van der Waals surface area contributed by atoms with Gasteiger partial charge in [0, 0.05) is 19.5 Å². The highest BCUT2D eigenvalue weighted by molar-refractivity contribution is 7.87. The number of hydrogen-bond acceptors (Lipinski definition) is 4. The lowest BCUT2D eigenvalue weighted by Gasteiger charge is -2.12. The first kappa shape index (κ1) is 14.4. The standard InChI is InChI=1S/C12H14N4O3S/c1-15(2)20(18,19)14-12(17)10-8-16(3)13-11-7-5-4-6-9(10)11/h4-8H,1-3H3/p+1. The van der Waals surface area contributed by atoms with E-state index in [-0.39, 0.29) is 5.56 Å². The summed E-state index contributed by atoms with van der Waals surface area (Å²) in [7, 11) is 0.542. The zero-order valence-electron chi connectivity index (χ0n) is 11.4. The van der Waals surface area contributed by atoms with Crippen molar-refractivity contribution in [3.05, 3.63) is 36.0 Å². The zero-order valence-corrected chi connectivity index (χ0v) is 12.2. The molecule has 0 fully saturated rings. The van der Waals surface area contributed by atoms with Crippen LogP contribution < -0.4 is 9.40 Å². The molecule has 0 unspecified atom stereocenters. The lowest BCUT2D eigenvalue weighted by atomic mass is 10.1. The van der Waals surface area contributed by atoms with Crippen LogP contribution in [0, 0.1) is 0 Å². The maximum atomic E-state index is 12.2. The topological polar surface area (TPSA) is 83.2 Å². The first-order chi connectivity index (χ1) is 9.31. The average molecular weight is 295 g/mol. The van der Waals surface area contributed by atoms with Gasteiger partial charge in [0.05, 0.1) is 0 Å². The van der Waals surface area contributed by atoms with E-state index >= 15 is 0 Å². The van der Waals surface area contributed by atoms with Crippen molar-refractivity contribution in [1.29, 1.82) is 0 Å². The highest BCUT2D eigenvalue weighted by Gasteiger charge is 2.22. The predicted molar refractivity (Wildman–Crippen MR) is 73.0 cm³/mol. The molecule has 2 aromatic rings. The Kier molecular flexibility index (Phi) is 3.69. The summed E-state index contributed by atoms with van der Waals surface area (Å²) in [4.78, 5) is 12.2. The molecule has 0 saturated heterocycles. The molecule has 2 rings (SSSR count). The number of hydrogen-bond donors (Lipinski definition) is 1. The van der Waals surface area contributed by atoms with Crippen LogP contribution in [-0.2, 0) is 17.3 Å². The Bertz CT molecular complexity index is 771. The van der Waals surface area contributed by atoms with Crippen molar-refractivity contribution < 1.29 is 17.9 Å². The number of rotatable bonds is 3. The van der Waals surface area contributed by atoms with E-state index in [0.717, 1.165) is 4.31 Å². The molecule has 1 heterocycles. The van der Waals surface area contributed by atoms with E-state index < -0.39 is 16.1 Å². The molecule has 0 bridgehead atoms. The predicted octanol–water partition coefficient (Wildman–Crippen LogP) is -0.404. The number of benzene rings is 1. The maximum absolute atomic E-state index is 12.2. The minimum atomic E-state index is -3.82. The van der Waals surface area contributed by atoms with Gasteiger partial charge in [0.2, 0.25) is 6.20 Å². The zero-order chi connectivity index (χ0) is 14.9. The second kappa shape index (κ2) is 5.14. The third-order valence-electron chi connectivity index (χ3n) is 2.72. The van der Waals surface area contributed by atoms with Crippen LogP contribution >= 0.6 is 0 Å². The summed E-state index contributed by atoms with van der Waals surface area (Å²) < 4.78 is 27.8. The van der Waals surface area contributed by atoms with Crippen molar-refractivity contribution in [1.82, 2.24) is 14.1 Å². The first-order valence-corrected chi connectivity index (χ1v) is 7.25. The van der Waals surface area contributed by atoms with Crippen LogP contribution in [0.1, 0.15) is 10.4 Å². The molecule has 0 aliphatic rings. The number of carbonyl (C=O) groups is 1. The molecule has 0 atom stereocenters. The number of carbonyl (C=O) groups excluding carboxylic acids is 1. The van der Waals surface area contributed by atoms with E-state index in [1.165, 1.54) is 25.0 Å². The number of nitrogens with zero attached hydrogens (tertiary/aromatic N) is 3. The summed E-state index contributed by atoms with van der Waals surface area (Å²) in [5, 5.41) is 4.82. The van der Waals surface area contributed by atoms with Crippen molar-refractivity contribution in [3.63, 3.8) is 0 Å². The molecule has 7 nitrogen and oxygen atoms in total. The van der Waals surface area contributed by atoms with Crippen LogP contribution in [-0.4, -0.2) is 37.8 Å². The molecule has 0 saturated carbocycles. The van der Waals surface area contributed by atoms with Gasteiger partial charge in [0.1, 0.15) is 11.1 Å².